The summed E-state index contributed by atoms with van der Waals surface area (Å²) in [5.74, 6) is 1.42. The number of nitrogens with zero attached hydrogens (tertiary/aromatic N) is 2. The van der Waals surface area contributed by atoms with Crippen molar-refractivity contribution in [3.63, 3.8) is 0 Å². The van der Waals surface area contributed by atoms with Crippen molar-refractivity contribution >= 4 is 21.6 Å². The minimum Gasteiger partial charge on any atom is -0.491 e. The molecule has 1 aromatic heterocycles. The molecular formula is C20H25N3O4S. The van der Waals surface area contributed by atoms with E-state index in [1.54, 1.807) is 4.68 Å². The Labute approximate surface area is 165 Å². The van der Waals surface area contributed by atoms with Crippen LogP contribution in [0.2, 0.25) is 0 Å². The van der Waals surface area contributed by atoms with Crippen LogP contribution in [-0.2, 0) is 14.6 Å². The van der Waals surface area contributed by atoms with E-state index < -0.39 is 9.84 Å². The third-order valence-corrected chi connectivity index (χ3v) is 7.06. The van der Waals surface area contributed by atoms with E-state index in [1.165, 1.54) is 0 Å². The number of hydrogen-bond acceptors (Lipinski definition) is 5. The third kappa shape index (κ3) is 3.53. The summed E-state index contributed by atoms with van der Waals surface area (Å²) in [7, 11) is -3.05. The average Bonchev–Trinajstić information content (AvgIpc) is 3.13. The molecular weight excluding hydrogens is 378 g/mol. The van der Waals surface area contributed by atoms with Crippen molar-refractivity contribution in [3.8, 4) is 5.75 Å². The highest BCUT2D eigenvalue weighted by Crippen LogP contribution is 2.42. The largest absolute Gasteiger partial charge is 0.491 e. The molecule has 28 heavy (non-hydrogen) atoms. The number of benzene rings is 1. The standard InChI is InChI=1S/C20H25N3O4S/c1-12(2)27-16-6-4-5-14(9-16)17-10-18(24)21-20-19(17)13(3)22-23(20)15-7-8-28(25,26)11-15/h4-6,9,12,15,17H,7-8,10-11H2,1-3H3,(H,21,24)/t15-,17+/m1/s1. The zero-order valence-electron chi connectivity index (χ0n) is 16.3. The lowest BCUT2D eigenvalue weighted by Crippen LogP contribution is -2.26. The van der Waals surface area contributed by atoms with E-state index in [1.807, 2.05) is 45.0 Å². The number of carbonyl (C=O) groups excluding carboxylic acids is 1. The van der Waals surface area contributed by atoms with E-state index in [0.29, 0.717) is 18.7 Å². The number of sulfone groups is 1. The predicted molar refractivity (Wildman–Crippen MR) is 107 cm³/mol. The minimum atomic E-state index is -3.05. The van der Waals surface area contributed by atoms with Gasteiger partial charge in [0.15, 0.2) is 9.84 Å². The molecule has 0 radical (unpaired) electrons. The molecule has 0 unspecified atom stereocenters. The summed E-state index contributed by atoms with van der Waals surface area (Å²) in [6.45, 7) is 5.86. The lowest BCUT2D eigenvalue weighted by atomic mass is 9.85. The van der Waals surface area contributed by atoms with Gasteiger partial charge in [0.05, 0.1) is 29.3 Å². The fraction of sp³-hybridized carbons (Fsp3) is 0.500. The van der Waals surface area contributed by atoms with Crippen molar-refractivity contribution in [1.82, 2.24) is 9.78 Å². The van der Waals surface area contributed by atoms with Crippen molar-refractivity contribution in [1.29, 1.82) is 0 Å². The summed E-state index contributed by atoms with van der Waals surface area (Å²) in [5, 5.41) is 7.56. The number of amides is 1. The van der Waals surface area contributed by atoms with Crippen molar-refractivity contribution < 1.29 is 17.9 Å². The number of aromatic nitrogens is 2. The number of rotatable bonds is 4. The second-order valence-electron chi connectivity index (χ2n) is 7.89. The van der Waals surface area contributed by atoms with Gasteiger partial charge in [-0.15, -0.1) is 0 Å². The molecule has 3 heterocycles. The van der Waals surface area contributed by atoms with Crippen LogP contribution in [0, 0.1) is 6.92 Å². The Kier molecular flexibility index (Phi) is 4.69. The highest BCUT2D eigenvalue weighted by Gasteiger charge is 2.37. The van der Waals surface area contributed by atoms with Gasteiger partial charge in [-0.2, -0.15) is 5.10 Å². The molecule has 7 nitrogen and oxygen atoms in total. The predicted octanol–water partition coefficient (Wildman–Crippen LogP) is 2.81. The third-order valence-electron chi connectivity index (χ3n) is 5.31. The first kappa shape index (κ1) is 19.0. The molecule has 1 N–H and O–H groups in total. The van der Waals surface area contributed by atoms with Crippen LogP contribution in [0.3, 0.4) is 0 Å². The second kappa shape index (κ2) is 6.92. The van der Waals surface area contributed by atoms with Crippen LogP contribution in [0.4, 0.5) is 5.82 Å². The maximum Gasteiger partial charge on any atom is 0.226 e. The van der Waals surface area contributed by atoms with E-state index in [0.717, 1.165) is 22.6 Å². The van der Waals surface area contributed by atoms with Gasteiger partial charge in [0.25, 0.3) is 0 Å². The molecule has 2 aliphatic rings. The molecule has 2 aliphatic heterocycles. The fourth-order valence-corrected chi connectivity index (χ4v) is 5.86. The van der Waals surface area contributed by atoms with Crippen LogP contribution >= 0.6 is 0 Å². The molecule has 0 aliphatic carbocycles. The van der Waals surface area contributed by atoms with Gasteiger partial charge in [0.2, 0.25) is 5.91 Å². The monoisotopic (exact) mass is 403 g/mol. The van der Waals surface area contributed by atoms with Crippen LogP contribution < -0.4 is 10.1 Å². The molecule has 1 amide bonds. The van der Waals surface area contributed by atoms with Gasteiger partial charge in [-0.3, -0.25) is 4.79 Å². The molecule has 0 saturated carbocycles. The fourth-order valence-electron chi connectivity index (χ4n) is 4.17. The van der Waals surface area contributed by atoms with Crippen LogP contribution in [0.15, 0.2) is 24.3 Å². The molecule has 1 fully saturated rings. The number of ether oxygens (including phenoxy) is 1. The van der Waals surface area contributed by atoms with E-state index in [-0.39, 0.29) is 35.5 Å². The smallest absolute Gasteiger partial charge is 0.226 e. The number of aryl methyl sites for hydroxylation is 1. The maximum atomic E-state index is 12.5. The number of nitrogens with one attached hydrogen (secondary N) is 1. The first-order chi connectivity index (χ1) is 13.2. The Bertz CT molecular complexity index is 1030. The molecule has 2 aromatic rings. The molecule has 0 bridgehead atoms. The van der Waals surface area contributed by atoms with E-state index in [9.17, 15) is 13.2 Å². The van der Waals surface area contributed by atoms with Gasteiger partial charge in [-0.05, 0) is 44.9 Å². The first-order valence-corrected chi connectivity index (χ1v) is 11.4. The topological polar surface area (TPSA) is 90.3 Å². The summed E-state index contributed by atoms with van der Waals surface area (Å²) in [4.78, 5) is 12.5. The summed E-state index contributed by atoms with van der Waals surface area (Å²) in [6, 6.07) is 7.58. The molecule has 0 spiro atoms. The number of fused-ring (bicyclic) bond motifs is 1. The summed E-state index contributed by atoms with van der Waals surface area (Å²) in [5.41, 5.74) is 2.78. The van der Waals surface area contributed by atoms with Gasteiger partial charge in [0.1, 0.15) is 11.6 Å². The lowest BCUT2D eigenvalue weighted by Gasteiger charge is -2.26. The van der Waals surface area contributed by atoms with Crippen molar-refractivity contribution in [2.75, 3.05) is 16.8 Å². The van der Waals surface area contributed by atoms with Gasteiger partial charge in [0, 0.05) is 17.9 Å². The van der Waals surface area contributed by atoms with Gasteiger partial charge >= 0.3 is 0 Å². The van der Waals surface area contributed by atoms with E-state index >= 15 is 0 Å². The Morgan fingerprint density at radius 2 is 2.11 bits per heavy atom. The minimum absolute atomic E-state index is 0.0641. The Morgan fingerprint density at radius 3 is 2.79 bits per heavy atom. The summed E-state index contributed by atoms with van der Waals surface area (Å²) >= 11 is 0. The van der Waals surface area contributed by atoms with E-state index in [4.69, 9.17) is 4.74 Å². The second-order valence-corrected chi connectivity index (χ2v) is 10.1. The zero-order chi connectivity index (χ0) is 20.1. The number of anilines is 1. The summed E-state index contributed by atoms with van der Waals surface area (Å²) < 4.78 is 31.4. The SMILES string of the molecule is Cc1nn([C@@H]2CCS(=O)(=O)C2)c2c1[C@H](c1cccc(OC(C)C)c1)CC(=O)N2. The highest BCUT2D eigenvalue weighted by molar-refractivity contribution is 7.91. The molecule has 2 atom stereocenters. The van der Waals surface area contributed by atoms with Gasteiger partial charge < -0.3 is 10.1 Å². The molecule has 4 rings (SSSR count). The molecule has 150 valence electrons. The lowest BCUT2D eigenvalue weighted by molar-refractivity contribution is -0.116. The zero-order valence-corrected chi connectivity index (χ0v) is 17.1. The van der Waals surface area contributed by atoms with Crippen LogP contribution in [-0.4, -0.2) is 41.7 Å². The molecule has 1 aromatic carbocycles. The Morgan fingerprint density at radius 1 is 1.32 bits per heavy atom. The Hall–Kier alpha value is -2.35. The van der Waals surface area contributed by atoms with Gasteiger partial charge in [-0.1, -0.05) is 12.1 Å². The molecule has 1 saturated heterocycles. The van der Waals surface area contributed by atoms with Crippen LogP contribution in [0.25, 0.3) is 0 Å². The quantitative estimate of drug-likeness (QED) is 0.848. The molecule has 8 heteroatoms. The Balaban J connectivity index is 1.75. The van der Waals surface area contributed by atoms with Crippen molar-refractivity contribution in [2.24, 2.45) is 0 Å². The average molecular weight is 404 g/mol. The number of hydrogen-bond donors (Lipinski definition) is 1. The summed E-state index contributed by atoms with van der Waals surface area (Å²) in [6.07, 6.45) is 0.913. The normalized spacial score (nSPS) is 23.5. The van der Waals surface area contributed by atoms with Crippen LogP contribution in [0.1, 0.15) is 55.5 Å². The van der Waals surface area contributed by atoms with Crippen molar-refractivity contribution in [3.05, 3.63) is 41.1 Å². The number of carbonyl (C=O) groups is 1. The van der Waals surface area contributed by atoms with Gasteiger partial charge in [-0.25, -0.2) is 13.1 Å². The van der Waals surface area contributed by atoms with Crippen LogP contribution in [0.5, 0.6) is 5.75 Å². The first-order valence-electron chi connectivity index (χ1n) is 9.59. The maximum absolute atomic E-state index is 12.5. The van der Waals surface area contributed by atoms with E-state index in [2.05, 4.69) is 10.4 Å². The van der Waals surface area contributed by atoms with Crippen molar-refractivity contribution in [2.45, 2.75) is 51.7 Å². The highest BCUT2D eigenvalue weighted by atomic mass is 32.2.